The summed E-state index contributed by atoms with van der Waals surface area (Å²) in [6, 6.07) is 3.66. The van der Waals surface area contributed by atoms with Gasteiger partial charge in [0.1, 0.15) is 22.1 Å². The predicted octanol–water partition coefficient (Wildman–Crippen LogP) is 3.31. The van der Waals surface area contributed by atoms with Crippen molar-refractivity contribution in [2.45, 2.75) is 32.0 Å². The van der Waals surface area contributed by atoms with Crippen molar-refractivity contribution in [1.29, 1.82) is 0 Å². The van der Waals surface area contributed by atoms with Gasteiger partial charge in [-0.2, -0.15) is 0 Å². The topological polar surface area (TPSA) is 47.9 Å². The van der Waals surface area contributed by atoms with E-state index < -0.39 is 6.10 Å². The van der Waals surface area contributed by atoms with Crippen LogP contribution >= 0.6 is 15.9 Å². The minimum Gasteiger partial charge on any atom is -0.495 e. The van der Waals surface area contributed by atoms with E-state index in [1.54, 1.807) is 14.2 Å². The van der Waals surface area contributed by atoms with E-state index in [1.165, 1.54) is 0 Å². The first kappa shape index (κ1) is 15.6. The summed E-state index contributed by atoms with van der Waals surface area (Å²) in [7, 11) is 3.19. The smallest absolute Gasteiger partial charge is 0.142 e. The minimum absolute atomic E-state index is 0.172. The monoisotopic (exact) mass is 344 g/mol. The van der Waals surface area contributed by atoms with Crippen molar-refractivity contribution >= 4 is 15.9 Å². The van der Waals surface area contributed by atoms with Crippen LogP contribution in [0.3, 0.4) is 0 Å². The highest BCUT2D eigenvalue weighted by atomic mass is 79.9. The van der Waals surface area contributed by atoms with Crippen LogP contribution in [-0.4, -0.2) is 32.0 Å². The fourth-order valence-corrected chi connectivity index (χ4v) is 3.11. The molecule has 0 bridgehead atoms. The molecule has 0 radical (unpaired) electrons. The maximum atomic E-state index is 10.7. The van der Waals surface area contributed by atoms with Gasteiger partial charge in [0.25, 0.3) is 0 Å². The molecule has 5 heteroatoms. The van der Waals surface area contributed by atoms with E-state index in [0.717, 1.165) is 18.4 Å². The fraction of sp³-hybridized carbons (Fsp3) is 0.600. The van der Waals surface area contributed by atoms with Crippen molar-refractivity contribution in [3.8, 4) is 11.5 Å². The first-order valence-electron chi connectivity index (χ1n) is 6.84. The molecule has 1 N–H and O–H groups in total. The number of hydrogen-bond donors (Lipinski definition) is 1. The van der Waals surface area contributed by atoms with Gasteiger partial charge >= 0.3 is 0 Å². The molecule has 0 aromatic heterocycles. The Balaban J connectivity index is 2.32. The molecule has 1 fully saturated rings. The van der Waals surface area contributed by atoms with Gasteiger partial charge in [-0.1, -0.05) is 0 Å². The molecule has 1 aromatic carbocycles. The number of benzene rings is 1. The number of methoxy groups -OCH3 is 2. The van der Waals surface area contributed by atoms with Crippen molar-refractivity contribution < 1.29 is 19.3 Å². The largest absolute Gasteiger partial charge is 0.495 e. The average Bonchev–Trinajstić information content (AvgIpc) is 3.28. The van der Waals surface area contributed by atoms with Crippen LogP contribution in [0, 0.1) is 5.92 Å². The van der Waals surface area contributed by atoms with E-state index in [2.05, 4.69) is 15.9 Å². The average molecular weight is 345 g/mol. The molecule has 2 rings (SSSR count). The van der Waals surface area contributed by atoms with E-state index >= 15 is 0 Å². The van der Waals surface area contributed by atoms with E-state index in [-0.39, 0.29) is 6.10 Å². The summed E-state index contributed by atoms with van der Waals surface area (Å²) in [6.07, 6.45) is 1.36. The van der Waals surface area contributed by atoms with E-state index in [9.17, 15) is 5.11 Å². The van der Waals surface area contributed by atoms with Gasteiger partial charge in [0.05, 0.1) is 20.3 Å². The molecule has 1 saturated carbocycles. The van der Waals surface area contributed by atoms with Gasteiger partial charge in [0.15, 0.2) is 0 Å². The molecule has 0 spiro atoms. The summed E-state index contributed by atoms with van der Waals surface area (Å²) in [5.41, 5.74) is 0.727. The lowest BCUT2D eigenvalue weighted by molar-refractivity contribution is -0.0469. The molecule has 1 aromatic rings. The standard InChI is InChI=1S/C15H21BrO4/c1-4-20-14(9-5-6-9)13(17)10-7-8-11(18-2)12(16)15(10)19-3/h7-9,13-14,17H,4-6H2,1-3H3. The van der Waals surface area contributed by atoms with Crippen molar-refractivity contribution in [3.63, 3.8) is 0 Å². The number of hydrogen-bond acceptors (Lipinski definition) is 4. The summed E-state index contributed by atoms with van der Waals surface area (Å²) >= 11 is 3.46. The zero-order valence-corrected chi connectivity index (χ0v) is 13.6. The molecule has 4 nitrogen and oxygen atoms in total. The molecule has 0 aliphatic heterocycles. The van der Waals surface area contributed by atoms with Crippen molar-refractivity contribution in [2.75, 3.05) is 20.8 Å². The Bertz CT molecular complexity index is 459. The lowest BCUT2D eigenvalue weighted by Crippen LogP contribution is -2.25. The van der Waals surface area contributed by atoms with Crippen LogP contribution in [0.2, 0.25) is 0 Å². The fourth-order valence-electron chi connectivity index (χ4n) is 2.43. The van der Waals surface area contributed by atoms with Crippen molar-refractivity contribution in [3.05, 3.63) is 22.2 Å². The van der Waals surface area contributed by atoms with Crippen LogP contribution in [0.5, 0.6) is 11.5 Å². The summed E-state index contributed by atoms with van der Waals surface area (Å²) in [4.78, 5) is 0. The maximum Gasteiger partial charge on any atom is 0.142 e. The Morgan fingerprint density at radius 3 is 2.50 bits per heavy atom. The normalized spacial score (nSPS) is 17.6. The third-order valence-electron chi connectivity index (χ3n) is 3.59. The van der Waals surface area contributed by atoms with Gasteiger partial charge in [0, 0.05) is 12.2 Å². The molecule has 0 saturated heterocycles. The molecule has 0 heterocycles. The molecular weight excluding hydrogens is 324 g/mol. The minimum atomic E-state index is -0.695. The summed E-state index contributed by atoms with van der Waals surface area (Å²) in [5.74, 6) is 1.72. The number of aliphatic hydroxyl groups is 1. The second-order valence-corrected chi connectivity index (χ2v) is 5.70. The third kappa shape index (κ3) is 3.10. The van der Waals surface area contributed by atoms with Gasteiger partial charge in [0.2, 0.25) is 0 Å². The number of halogens is 1. The second kappa shape index (κ2) is 6.78. The van der Waals surface area contributed by atoms with Crippen LogP contribution in [0.1, 0.15) is 31.4 Å². The molecule has 0 amide bonds. The first-order valence-corrected chi connectivity index (χ1v) is 7.63. The van der Waals surface area contributed by atoms with Crippen LogP contribution in [0.25, 0.3) is 0 Å². The summed E-state index contributed by atoms with van der Waals surface area (Å²) in [6.45, 7) is 2.54. The Hall–Kier alpha value is -0.780. The second-order valence-electron chi connectivity index (χ2n) is 4.91. The predicted molar refractivity (Wildman–Crippen MR) is 80.3 cm³/mol. The Morgan fingerprint density at radius 1 is 1.30 bits per heavy atom. The third-order valence-corrected chi connectivity index (χ3v) is 4.34. The SMILES string of the molecule is CCOC(C1CC1)C(O)c1ccc(OC)c(Br)c1OC. The first-order chi connectivity index (χ1) is 9.63. The highest BCUT2D eigenvalue weighted by Gasteiger charge is 2.38. The number of aliphatic hydroxyl groups excluding tert-OH is 1. The van der Waals surface area contributed by atoms with Crippen molar-refractivity contribution in [2.24, 2.45) is 5.92 Å². The molecule has 2 unspecified atom stereocenters. The quantitative estimate of drug-likeness (QED) is 0.824. The van der Waals surface area contributed by atoms with E-state index in [1.807, 2.05) is 19.1 Å². The molecule has 1 aliphatic carbocycles. The van der Waals surface area contributed by atoms with Crippen LogP contribution in [0.15, 0.2) is 16.6 Å². The zero-order chi connectivity index (χ0) is 14.7. The Kier molecular flexibility index (Phi) is 5.29. The van der Waals surface area contributed by atoms with Gasteiger partial charge in [-0.3, -0.25) is 0 Å². The number of ether oxygens (including phenoxy) is 3. The van der Waals surface area contributed by atoms with E-state index in [4.69, 9.17) is 14.2 Å². The lowest BCUT2D eigenvalue weighted by Gasteiger charge is -2.25. The highest BCUT2D eigenvalue weighted by molar-refractivity contribution is 9.10. The summed E-state index contributed by atoms with van der Waals surface area (Å²) < 4.78 is 17.1. The van der Waals surface area contributed by atoms with Crippen molar-refractivity contribution in [1.82, 2.24) is 0 Å². The van der Waals surface area contributed by atoms with Crippen LogP contribution in [-0.2, 0) is 4.74 Å². The van der Waals surface area contributed by atoms with Gasteiger partial charge in [-0.25, -0.2) is 0 Å². The molecule has 2 atom stereocenters. The highest BCUT2D eigenvalue weighted by Crippen LogP contribution is 2.45. The van der Waals surface area contributed by atoms with Gasteiger partial charge in [-0.15, -0.1) is 0 Å². The molecule has 1 aliphatic rings. The van der Waals surface area contributed by atoms with Gasteiger partial charge < -0.3 is 19.3 Å². The van der Waals surface area contributed by atoms with Gasteiger partial charge in [-0.05, 0) is 53.7 Å². The van der Waals surface area contributed by atoms with Crippen LogP contribution in [0.4, 0.5) is 0 Å². The maximum absolute atomic E-state index is 10.7. The zero-order valence-electron chi connectivity index (χ0n) is 12.1. The van der Waals surface area contributed by atoms with E-state index in [0.29, 0.717) is 28.5 Å². The lowest BCUT2D eigenvalue weighted by atomic mass is 9.99. The summed E-state index contributed by atoms with van der Waals surface area (Å²) in [5, 5.41) is 10.7. The molecule has 112 valence electrons. The Labute approximate surface area is 128 Å². The van der Waals surface area contributed by atoms with Crippen LogP contribution < -0.4 is 9.47 Å². The molecule has 20 heavy (non-hydrogen) atoms. The molecular formula is C15H21BrO4. The Morgan fingerprint density at radius 2 is 2.00 bits per heavy atom. The number of rotatable bonds is 7.